The minimum atomic E-state index is 0.611. The minimum absolute atomic E-state index is 0.611. The number of ether oxygens (including phenoxy) is 3. The molecule has 1 heterocycles. The van der Waals surface area contributed by atoms with Gasteiger partial charge >= 0.3 is 0 Å². The summed E-state index contributed by atoms with van der Waals surface area (Å²) in [5.41, 5.74) is 2.97. The smallest absolute Gasteiger partial charge is 0.226 e. The average molecular weight is 382 g/mol. The zero-order chi connectivity index (χ0) is 19.9. The van der Waals surface area contributed by atoms with E-state index in [0.29, 0.717) is 12.4 Å². The summed E-state index contributed by atoms with van der Waals surface area (Å²) < 4.78 is 21.6. The normalized spacial score (nSPS) is 10.9. The topological polar surface area (TPSA) is 57.0 Å². The number of rotatable bonds is 9. The van der Waals surface area contributed by atoms with E-state index in [1.54, 1.807) is 27.6 Å². The van der Waals surface area contributed by atoms with E-state index in [0.717, 1.165) is 47.2 Å². The van der Waals surface area contributed by atoms with Gasteiger partial charge in [-0.15, -0.1) is 0 Å². The molecule has 0 unspecified atom stereocenters. The molecular weight excluding hydrogens is 356 g/mol. The predicted molar refractivity (Wildman–Crippen MR) is 108 cm³/mol. The molecule has 0 aliphatic carbocycles. The van der Waals surface area contributed by atoms with E-state index in [1.807, 2.05) is 36.4 Å². The van der Waals surface area contributed by atoms with Gasteiger partial charge in [-0.1, -0.05) is 13.0 Å². The molecule has 2 aromatic carbocycles. The van der Waals surface area contributed by atoms with Crippen molar-refractivity contribution in [3.63, 3.8) is 0 Å². The van der Waals surface area contributed by atoms with E-state index in [9.17, 15) is 0 Å². The van der Waals surface area contributed by atoms with Gasteiger partial charge in [0.1, 0.15) is 12.0 Å². The molecule has 0 bridgehead atoms. The van der Waals surface area contributed by atoms with E-state index in [-0.39, 0.29) is 0 Å². The number of hydrogen-bond donors (Lipinski definition) is 0. The first-order chi connectivity index (χ1) is 13.7. The average Bonchev–Trinajstić information content (AvgIpc) is 3.21. The molecule has 0 N–H and O–H groups in total. The second-order valence-corrected chi connectivity index (χ2v) is 6.37. The zero-order valence-electron chi connectivity index (χ0n) is 16.8. The number of nitrogens with zero attached hydrogens (tertiary/aromatic N) is 2. The fourth-order valence-corrected chi connectivity index (χ4v) is 2.99. The molecule has 0 saturated heterocycles. The summed E-state index contributed by atoms with van der Waals surface area (Å²) in [5.74, 6) is 2.89. The lowest BCUT2D eigenvalue weighted by atomic mass is 10.2. The van der Waals surface area contributed by atoms with Crippen molar-refractivity contribution in [1.29, 1.82) is 0 Å². The van der Waals surface area contributed by atoms with Crippen LogP contribution in [0, 0.1) is 0 Å². The third kappa shape index (κ3) is 4.64. The second kappa shape index (κ2) is 9.28. The third-order valence-electron chi connectivity index (χ3n) is 4.58. The molecule has 1 aromatic heterocycles. The van der Waals surface area contributed by atoms with E-state index >= 15 is 0 Å². The molecule has 28 heavy (non-hydrogen) atoms. The van der Waals surface area contributed by atoms with Crippen molar-refractivity contribution >= 4 is 0 Å². The lowest BCUT2D eigenvalue weighted by Gasteiger charge is -2.20. The summed E-state index contributed by atoms with van der Waals surface area (Å²) in [6.07, 6.45) is 1.72. The Morgan fingerprint density at radius 2 is 1.64 bits per heavy atom. The van der Waals surface area contributed by atoms with Crippen LogP contribution in [0.25, 0.3) is 11.5 Å². The Morgan fingerprint density at radius 1 is 0.893 bits per heavy atom. The molecule has 6 nitrogen and oxygen atoms in total. The summed E-state index contributed by atoms with van der Waals surface area (Å²) in [6, 6.07) is 13.7. The Bertz CT molecular complexity index is 890. The van der Waals surface area contributed by atoms with Crippen LogP contribution in [0.1, 0.15) is 18.2 Å². The van der Waals surface area contributed by atoms with Gasteiger partial charge in [-0.2, -0.15) is 0 Å². The van der Waals surface area contributed by atoms with Crippen LogP contribution in [0.15, 0.2) is 53.1 Å². The van der Waals surface area contributed by atoms with Crippen LogP contribution in [-0.2, 0) is 13.1 Å². The molecule has 6 heteroatoms. The van der Waals surface area contributed by atoms with E-state index < -0.39 is 0 Å². The Kier molecular flexibility index (Phi) is 6.55. The van der Waals surface area contributed by atoms with Gasteiger partial charge in [0.05, 0.1) is 27.0 Å². The van der Waals surface area contributed by atoms with Gasteiger partial charge in [-0.05, 0) is 48.5 Å². The molecule has 0 atom stereocenters. The molecule has 0 fully saturated rings. The monoisotopic (exact) mass is 382 g/mol. The van der Waals surface area contributed by atoms with Crippen LogP contribution in [-0.4, -0.2) is 37.8 Å². The summed E-state index contributed by atoms with van der Waals surface area (Å²) in [5, 5.41) is 0. The highest BCUT2D eigenvalue weighted by Crippen LogP contribution is 2.28. The first kappa shape index (κ1) is 19.8. The maximum atomic E-state index is 5.67. The van der Waals surface area contributed by atoms with Crippen LogP contribution in [0.4, 0.5) is 0 Å². The summed E-state index contributed by atoms with van der Waals surface area (Å²) in [4.78, 5) is 6.92. The number of oxazole rings is 1. The van der Waals surface area contributed by atoms with Crippen molar-refractivity contribution in [2.45, 2.75) is 20.0 Å². The molecule has 148 valence electrons. The lowest BCUT2D eigenvalue weighted by molar-refractivity contribution is 0.267. The molecule has 3 rings (SSSR count). The maximum absolute atomic E-state index is 5.67. The molecule has 0 aliphatic rings. The van der Waals surface area contributed by atoms with Crippen molar-refractivity contribution in [3.05, 3.63) is 60.0 Å². The molecule has 3 aromatic rings. The van der Waals surface area contributed by atoms with Gasteiger partial charge < -0.3 is 18.6 Å². The predicted octanol–water partition coefficient (Wildman–Crippen LogP) is 4.39. The SMILES string of the molecule is CCN(Cc1ccc(OC)c(OC)c1)Cc1coc(-c2ccc(OC)cc2)n1. The van der Waals surface area contributed by atoms with Crippen molar-refractivity contribution in [2.24, 2.45) is 0 Å². The Balaban J connectivity index is 1.68. The van der Waals surface area contributed by atoms with Gasteiger partial charge in [0, 0.05) is 18.7 Å². The van der Waals surface area contributed by atoms with E-state index in [2.05, 4.69) is 22.9 Å². The second-order valence-electron chi connectivity index (χ2n) is 6.37. The third-order valence-corrected chi connectivity index (χ3v) is 4.58. The largest absolute Gasteiger partial charge is 0.497 e. The maximum Gasteiger partial charge on any atom is 0.226 e. The number of hydrogen-bond acceptors (Lipinski definition) is 6. The van der Waals surface area contributed by atoms with Crippen molar-refractivity contribution in [1.82, 2.24) is 9.88 Å². The molecule has 0 spiro atoms. The highest BCUT2D eigenvalue weighted by Gasteiger charge is 2.12. The number of benzene rings is 2. The van der Waals surface area contributed by atoms with Crippen molar-refractivity contribution < 1.29 is 18.6 Å². The highest BCUT2D eigenvalue weighted by atomic mass is 16.5. The first-order valence-electron chi connectivity index (χ1n) is 9.19. The fourth-order valence-electron chi connectivity index (χ4n) is 2.99. The molecule has 0 saturated carbocycles. The summed E-state index contributed by atoms with van der Waals surface area (Å²) >= 11 is 0. The van der Waals surface area contributed by atoms with E-state index in [4.69, 9.17) is 18.6 Å². The molecule has 0 aliphatic heterocycles. The summed E-state index contributed by atoms with van der Waals surface area (Å²) in [6.45, 7) is 4.50. The van der Waals surface area contributed by atoms with Crippen LogP contribution in [0.2, 0.25) is 0 Å². The minimum Gasteiger partial charge on any atom is -0.497 e. The van der Waals surface area contributed by atoms with Crippen LogP contribution < -0.4 is 14.2 Å². The fraction of sp³-hybridized carbons (Fsp3) is 0.318. The first-order valence-corrected chi connectivity index (χ1v) is 9.19. The quantitative estimate of drug-likeness (QED) is 0.547. The number of methoxy groups -OCH3 is 3. The van der Waals surface area contributed by atoms with Gasteiger partial charge in [0.2, 0.25) is 5.89 Å². The molecule has 0 amide bonds. The Hall–Kier alpha value is -2.99. The van der Waals surface area contributed by atoms with Gasteiger partial charge in [0.15, 0.2) is 11.5 Å². The van der Waals surface area contributed by atoms with E-state index in [1.165, 1.54) is 0 Å². The number of aromatic nitrogens is 1. The van der Waals surface area contributed by atoms with Crippen LogP contribution in [0.3, 0.4) is 0 Å². The van der Waals surface area contributed by atoms with Gasteiger partial charge in [-0.3, -0.25) is 4.90 Å². The standard InChI is InChI=1S/C22H26N2O4/c1-5-24(13-16-6-11-20(26-3)21(12-16)27-4)14-18-15-28-22(23-18)17-7-9-19(25-2)10-8-17/h6-12,15H,5,13-14H2,1-4H3. The molecular formula is C22H26N2O4. The lowest BCUT2D eigenvalue weighted by Crippen LogP contribution is -2.22. The van der Waals surface area contributed by atoms with Crippen molar-refractivity contribution in [3.8, 4) is 28.7 Å². The van der Waals surface area contributed by atoms with Gasteiger partial charge in [-0.25, -0.2) is 4.98 Å². The zero-order valence-corrected chi connectivity index (χ0v) is 16.8. The van der Waals surface area contributed by atoms with Crippen LogP contribution in [0.5, 0.6) is 17.2 Å². The van der Waals surface area contributed by atoms with Crippen LogP contribution >= 0.6 is 0 Å². The highest BCUT2D eigenvalue weighted by molar-refractivity contribution is 5.54. The Labute approximate surface area is 165 Å². The van der Waals surface area contributed by atoms with Crippen molar-refractivity contribution in [2.75, 3.05) is 27.9 Å². The molecule has 0 radical (unpaired) electrons. The summed E-state index contributed by atoms with van der Waals surface area (Å²) in [7, 11) is 4.94. The van der Waals surface area contributed by atoms with Gasteiger partial charge in [0.25, 0.3) is 0 Å². The Morgan fingerprint density at radius 3 is 2.29 bits per heavy atom.